The zero-order chi connectivity index (χ0) is 18.1. The van der Waals surface area contributed by atoms with E-state index in [1.165, 1.54) is 15.3 Å². The van der Waals surface area contributed by atoms with Crippen molar-refractivity contribution in [3.8, 4) is 5.88 Å². The highest BCUT2D eigenvalue weighted by Crippen LogP contribution is 2.23. The smallest absolute Gasteiger partial charge is 0.270 e. The molecule has 2 N–H and O–H groups in total. The fraction of sp³-hybridized carbons (Fsp3) is 0.529. The number of amides is 1. The van der Waals surface area contributed by atoms with E-state index in [0.717, 1.165) is 19.1 Å². The number of hydrogen-bond donors (Lipinski definition) is 2. The molecule has 0 aliphatic heterocycles. The summed E-state index contributed by atoms with van der Waals surface area (Å²) >= 11 is 0. The van der Waals surface area contributed by atoms with Crippen molar-refractivity contribution in [2.45, 2.75) is 52.1 Å². The van der Waals surface area contributed by atoms with Crippen molar-refractivity contribution in [2.24, 2.45) is 5.92 Å². The number of fused-ring (bicyclic) bond motifs is 1. The number of carbonyl (C=O) groups is 2. The first kappa shape index (κ1) is 17.2. The molecule has 0 atom stereocenters. The Morgan fingerprint density at radius 3 is 2.80 bits per heavy atom. The van der Waals surface area contributed by atoms with Crippen LogP contribution in [0.2, 0.25) is 0 Å². The number of carbonyl (C=O) groups excluding carboxylic acids is 2. The summed E-state index contributed by atoms with van der Waals surface area (Å²) in [5.41, 5.74) is 0.296. The monoisotopic (exact) mass is 346 g/mol. The fourth-order valence-corrected chi connectivity index (χ4v) is 2.86. The molecular formula is C17H22N4O4. The Balaban J connectivity index is 2.19. The normalized spacial score (nSPS) is 14.2. The number of aryl methyl sites for hydroxylation is 1. The van der Waals surface area contributed by atoms with Crippen molar-refractivity contribution in [3.05, 3.63) is 27.7 Å². The van der Waals surface area contributed by atoms with Gasteiger partial charge in [0.2, 0.25) is 5.88 Å². The van der Waals surface area contributed by atoms with E-state index < -0.39 is 17.3 Å². The van der Waals surface area contributed by atoms with E-state index >= 15 is 0 Å². The average molecular weight is 346 g/mol. The lowest BCUT2D eigenvalue weighted by molar-refractivity contribution is -0.107. The Morgan fingerprint density at radius 2 is 2.20 bits per heavy atom. The van der Waals surface area contributed by atoms with Gasteiger partial charge in [0.25, 0.3) is 11.5 Å². The van der Waals surface area contributed by atoms with E-state index in [1.54, 1.807) is 0 Å². The van der Waals surface area contributed by atoms with Gasteiger partial charge in [-0.2, -0.15) is 9.61 Å². The lowest BCUT2D eigenvalue weighted by atomic mass is 10.1. The Hall–Kier alpha value is -2.64. The molecular weight excluding hydrogens is 324 g/mol. The summed E-state index contributed by atoms with van der Waals surface area (Å²) in [6.07, 6.45) is 4.79. The maximum atomic E-state index is 12.9. The summed E-state index contributed by atoms with van der Waals surface area (Å²) < 4.78 is 2.69. The second kappa shape index (κ2) is 6.70. The van der Waals surface area contributed by atoms with Crippen LogP contribution in [0.15, 0.2) is 11.0 Å². The van der Waals surface area contributed by atoms with E-state index in [9.17, 15) is 19.5 Å². The molecule has 0 spiro atoms. The quantitative estimate of drug-likeness (QED) is 0.724. The second-order valence-electron chi connectivity index (χ2n) is 6.87. The Labute approximate surface area is 144 Å². The third-order valence-corrected chi connectivity index (χ3v) is 4.17. The molecule has 0 radical (unpaired) electrons. The highest BCUT2D eigenvalue weighted by Gasteiger charge is 2.29. The Bertz CT molecular complexity index is 877. The molecule has 1 amide bonds. The van der Waals surface area contributed by atoms with Crippen molar-refractivity contribution < 1.29 is 14.7 Å². The average Bonchev–Trinajstić information content (AvgIpc) is 3.25. The molecule has 1 saturated carbocycles. The minimum Gasteiger partial charge on any atom is -0.492 e. The summed E-state index contributed by atoms with van der Waals surface area (Å²) in [6.45, 7) is 4.30. The van der Waals surface area contributed by atoms with Gasteiger partial charge in [-0.05, 0) is 25.2 Å². The standard InChI is InChI=1S/C17H22N4O4/c1-10(2)9-20-15-11(4-3-7-22)8-18-21(15)17(25)13(16(20)24)14(23)19-12-5-6-12/h7-8,10,12,25H,3-6,9H2,1-2H3,(H,19,23). The highest BCUT2D eigenvalue weighted by molar-refractivity contribution is 5.96. The molecule has 2 heterocycles. The number of aromatic nitrogens is 3. The number of rotatable bonds is 7. The Morgan fingerprint density at radius 1 is 1.48 bits per heavy atom. The van der Waals surface area contributed by atoms with Crippen LogP contribution in [0.4, 0.5) is 0 Å². The summed E-state index contributed by atoms with van der Waals surface area (Å²) in [6, 6.07) is 0.0707. The first-order valence-corrected chi connectivity index (χ1v) is 8.51. The number of aldehydes is 1. The van der Waals surface area contributed by atoms with Crippen molar-refractivity contribution in [1.29, 1.82) is 0 Å². The predicted octanol–water partition coefficient (Wildman–Crippen LogP) is 0.881. The highest BCUT2D eigenvalue weighted by atomic mass is 16.3. The molecule has 0 bridgehead atoms. The van der Waals surface area contributed by atoms with E-state index in [4.69, 9.17) is 0 Å². The Kier molecular flexibility index (Phi) is 4.61. The lowest BCUT2D eigenvalue weighted by Crippen LogP contribution is -2.36. The van der Waals surface area contributed by atoms with E-state index in [0.29, 0.717) is 30.6 Å². The molecule has 8 heteroatoms. The molecule has 0 unspecified atom stereocenters. The van der Waals surface area contributed by atoms with Crippen molar-refractivity contribution in [3.63, 3.8) is 0 Å². The molecule has 134 valence electrons. The van der Waals surface area contributed by atoms with Crippen LogP contribution in [0, 0.1) is 5.92 Å². The molecule has 25 heavy (non-hydrogen) atoms. The van der Waals surface area contributed by atoms with Gasteiger partial charge in [-0.3, -0.25) is 14.2 Å². The van der Waals surface area contributed by atoms with Crippen LogP contribution in [-0.2, 0) is 17.8 Å². The van der Waals surface area contributed by atoms with Gasteiger partial charge < -0.3 is 15.2 Å². The number of aromatic hydroxyl groups is 1. The van der Waals surface area contributed by atoms with Crippen LogP contribution >= 0.6 is 0 Å². The van der Waals surface area contributed by atoms with Crippen LogP contribution in [0.5, 0.6) is 5.88 Å². The van der Waals surface area contributed by atoms with Crippen molar-refractivity contribution in [2.75, 3.05) is 0 Å². The molecule has 1 aliphatic rings. The zero-order valence-corrected chi connectivity index (χ0v) is 14.4. The molecule has 3 rings (SSSR count). The van der Waals surface area contributed by atoms with Gasteiger partial charge in [-0.25, -0.2) is 0 Å². The van der Waals surface area contributed by atoms with Gasteiger partial charge in [0.1, 0.15) is 11.9 Å². The third kappa shape index (κ3) is 3.29. The van der Waals surface area contributed by atoms with Crippen LogP contribution in [0.1, 0.15) is 49.0 Å². The van der Waals surface area contributed by atoms with Gasteiger partial charge in [0.05, 0.1) is 6.20 Å². The SMILES string of the molecule is CC(C)Cn1c(=O)c(C(=O)NC2CC2)c(O)n2ncc(CCC=O)c12. The van der Waals surface area contributed by atoms with Gasteiger partial charge in [0, 0.05) is 24.6 Å². The topological polar surface area (TPSA) is 106 Å². The van der Waals surface area contributed by atoms with E-state index in [-0.39, 0.29) is 17.5 Å². The second-order valence-corrected chi connectivity index (χ2v) is 6.87. The molecule has 8 nitrogen and oxygen atoms in total. The lowest BCUT2D eigenvalue weighted by Gasteiger charge is -2.15. The third-order valence-electron chi connectivity index (χ3n) is 4.17. The van der Waals surface area contributed by atoms with E-state index in [2.05, 4.69) is 10.4 Å². The summed E-state index contributed by atoms with van der Waals surface area (Å²) in [4.78, 5) is 36.1. The molecule has 1 aliphatic carbocycles. The molecule has 1 fully saturated rings. The van der Waals surface area contributed by atoms with Crippen LogP contribution < -0.4 is 10.9 Å². The minimum atomic E-state index is -0.575. The maximum absolute atomic E-state index is 12.9. The van der Waals surface area contributed by atoms with Gasteiger partial charge in [-0.15, -0.1) is 0 Å². The number of hydrogen-bond acceptors (Lipinski definition) is 5. The first-order valence-electron chi connectivity index (χ1n) is 8.51. The summed E-state index contributed by atoms with van der Waals surface area (Å²) in [5.74, 6) is -0.885. The van der Waals surface area contributed by atoms with E-state index in [1.807, 2.05) is 13.8 Å². The largest absolute Gasteiger partial charge is 0.492 e. The minimum absolute atomic E-state index is 0.0707. The zero-order valence-electron chi connectivity index (χ0n) is 14.4. The van der Waals surface area contributed by atoms with Crippen molar-refractivity contribution in [1.82, 2.24) is 19.5 Å². The fourth-order valence-electron chi connectivity index (χ4n) is 2.86. The van der Waals surface area contributed by atoms with Crippen molar-refractivity contribution >= 4 is 17.8 Å². The summed E-state index contributed by atoms with van der Waals surface area (Å²) in [7, 11) is 0. The molecule has 2 aromatic heterocycles. The first-order chi connectivity index (χ1) is 11.9. The predicted molar refractivity (Wildman–Crippen MR) is 90.8 cm³/mol. The number of nitrogens with zero attached hydrogens (tertiary/aromatic N) is 3. The molecule has 0 saturated heterocycles. The van der Waals surface area contributed by atoms with Crippen LogP contribution in [0.3, 0.4) is 0 Å². The van der Waals surface area contributed by atoms with Crippen LogP contribution in [-0.4, -0.2) is 37.5 Å². The van der Waals surface area contributed by atoms with Gasteiger partial charge in [-0.1, -0.05) is 13.8 Å². The maximum Gasteiger partial charge on any atom is 0.270 e. The van der Waals surface area contributed by atoms with Gasteiger partial charge >= 0.3 is 0 Å². The molecule has 2 aromatic rings. The summed E-state index contributed by atoms with van der Waals surface area (Å²) in [5, 5.41) is 17.4. The van der Waals surface area contributed by atoms with Crippen LogP contribution in [0.25, 0.3) is 5.65 Å². The number of nitrogens with one attached hydrogen (secondary N) is 1. The van der Waals surface area contributed by atoms with Gasteiger partial charge in [0.15, 0.2) is 5.56 Å². The molecule has 0 aromatic carbocycles.